The summed E-state index contributed by atoms with van der Waals surface area (Å²) in [6.07, 6.45) is 5.90. The molecule has 3 aromatic rings. The number of amides is 1. The Morgan fingerprint density at radius 1 is 1.28 bits per heavy atom. The number of nitrogens with two attached hydrogens (primary N) is 1. The first-order valence-electron chi connectivity index (χ1n) is 9.90. The van der Waals surface area contributed by atoms with Gasteiger partial charge in [0.05, 0.1) is 31.2 Å². The van der Waals surface area contributed by atoms with Gasteiger partial charge in [-0.1, -0.05) is 42.5 Å². The average molecular weight is 390 g/mol. The van der Waals surface area contributed by atoms with E-state index in [4.69, 9.17) is 10.5 Å². The number of imidazole rings is 1. The number of carbonyl (C=O) groups excluding carboxylic acids is 1. The van der Waals surface area contributed by atoms with Gasteiger partial charge < -0.3 is 20.4 Å². The third-order valence-electron chi connectivity index (χ3n) is 5.42. The van der Waals surface area contributed by atoms with E-state index < -0.39 is 6.04 Å². The number of methoxy groups -OCH3 is 1. The molecule has 4 rings (SSSR count). The zero-order valence-corrected chi connectivity index (χ0v) is 16.5. The van der Waals surface area contributed by atoms with E-state index in [-0.39, 0.29) is 11.9 Å². The first kappa shape index (κ1) is 19.2. The topological polar surface area (TPSA) is 82.2 Å². The minimum atomic E-state index is -0.635. The van der Waals surface area contributed by atoms with Crippen LogP contribution in [0.3, 0.4) is 0 Å². The van der Waals surface area contributed by atoms with Crippen LogP contribution in [0.1, 0.15) is 34.8 Å². The highest BCUT2D eigenvalue weighted by atomic mass is 16.5. The molecule has 1 aromatic heterocycles. The fraction of sp³-hybridized carbons (Fsp3) is 0.304. The van der Waals surface area contributed by atoms with Crippen molar-refractivity contribution in [3.05, 3.63) is 83.4 Å². The SMILES string of the molecule is COc1cccc2c1CCC2NC(=O)[C@@H](N)Cc1cn(Cc2ccccc2)cn1. The quantitative estimate of drug-likeness (QED) is 0.650. The molecule has 2 aromatic carbocycles. The van der Waals surface area contributed by atoms with Crippen LogP contribution >= 0.6 is 0 Å². The molecule has 6 nitrogen and oxygen atoms in total. The molecule has 1 aliphatic carbocycles. The molecular formula is C23H26N4O2. The van der Waals surface area contributed by atoms with Crippen LogP contribution in [0.2, 0.25) is 0 Å². The Balaban J connectivity index is 1.35. The van der Waals surface area contributed by atoms with Gasteiger partial charge in [-0.15, -0.1) is 0 Å². The molecule has 1 heterocycles. The Labute approximate surface area is 170 Å². The lowest BCUT2D eigenvalue weighted by Gasteiger charge is -2.18. The monoisotopic (exact) mass is 390 g/mol. The van der Waals surface area contributed by atoms with Crippen molar-refractivity contribution in [1.82, 2.24) is 14.9 Å². The molecule has 0 fully saturated rings. The Hall–Kier alpha value is -3.12. The van der Waals surface area contributed by atoms with Crippen LogP contribution in [0.25, 0.3) is 0 Å². The van der Waals surface area contributed by atoms with Crippen molar-refractivity contribution in [3.8, 4) is 5.75 Å². The van der Waals surface area contributed by atoms with E-state index in [0.717, 1.165) is 36.4 Å². The number of benzene rings is 2. The van der Waals surface area contributed by atoms with E-state index in [1.807, 2.05) is 47.2 Å². The van der Waals surface area contributed by atoms with Gasteiger partial charge in [-0.25, -0.2) is 4.98 Å². The zero-order chi connectivity index (χ0) is 20.2. The largest absolute Gasteiger partial charge is 0.496 e. The first-order valence-corrected chi connectivity index (χ1v) is 9.90. The van der Waals surface area contributed by atoms with Crippen LogP contribution in [0.15, 0.2) is 61.1 Å². The Morgan fingerprint density at radius 2 is 2.10 bits per heavy atom. The number of ether oxygens (including phenoxy) is 1. The lowest BCUT2D eigenvalue weighted by Crippen LogP contribution is -2.43. The van der Waals surface area contributed by atoms with E-state index in [9.17, 15) is 4.79 Å². The summed E-state index contributed by atoms with van der Waals surface area (Å²) in [7, 11) is 1.67. The zero-order valence-electron chi connectivity index (χ0n) is 16.5. The van der Waals surface area contributed by atoms with Gasteiger partial charge in [-0.2, -0.15) is 0 Å². The van der Waals surface area contributed by atoms with Crippen molar-refractivity contribution in [2.75, 3.05) is 7.11 Å². The summed E-state index contributed by atoms with van der Waals surface area (Å²) in [6.45, 7) is 0.746. The maximum absolute atomic E-state index is 12.7. The summed E-state index contributed by atoms with van der Waals surface area (Å²) in [4.78, 5) is 17.1. The van der Waals surface area contributed by atoms with Crippen molar-refractivity contribution < 1.29 is 9.53 Å². The van der Waals surface area contributed by atoms with Crippen molar-refractivity contribution in [2.24, 2.45) is 5.73 Å². The van der Waals surface area contributed by atoms with Crippen molar-refractivity contribution in [2.45, 2.75) is 37.9 Å². The fourth-order valence-corrected chi connectivity index (χ4v) is 3.95. The van der Waals surface area contributed by atoms with Gasteiger partial charge in [-0.05, 0) is 35.6 Å². The lowest BCUT2D eigenvalue weighted by atomic mass is 10.1. The minimum Gasteiger partial charge on any atom is -0.496 e. The smallest absolute Gasteiger partial charge is 0.237 e. The second kappa shape index (κ2) is 8.49. The van der Waals surface area contributed by atoms with Crippen LogP contribution < -0.4 is 15.8 Å². The predicted octanol–water partition coefficient (Wildman–Crippen LogP) is 2.61. The number of hydrogen-bond donors (Lipinski definition) is 2. The standard InChI is InChI=1S/C23H26N4O2/c1-29-22-9-5-8-18-19(22)10-11-21(18)26-23(28)20(24)12-17-14-27(15-25-17)13-16-6-3-2-4-7-16/h2-9,14-15,20-21H,10-13,24H2,1H3,(H,26,28)/t20-,21?/m0/s1. The number of rotatable bonds is 7. The molecule has 0 saturated heterocycles. The summed E-state index contributed by atoms with van der Waals surface area (Å²) in [5.74, 6) is 0.732. The molecule has 0 spiro atoms. The van der Waals surface area contributed by atoms with E-state index in [1.165, 1.54) is 11.1 Å². The molecule has 1 amide bonds. The second-order valence-electron chi connectivity index (χ2n) is 7.46. The maximum atomic E-state index is 12.7. The highest BCUT2D eigenvalue weighted by molar-refractivity contribution is 5.82. The second-order valence-corrected chi connectivity index (χ2v) is 7.46. The van der Waals surface area contributed by atoms with Crippen LogP contribution in [0, 0.1) is 0 Å². The van der Waals surface area contributed by atoms with E-state index in [0.29, 0.717) is 6.42 Å². The summed E-state index contributed by atoms with van der Waals surface area (Å²) in [5.41, 5.74) is 10.5. The van der Waals surface area contributed by atoms with Crippen LogP contribution in [-0.2, 0) is 24.2 Å². The molecule has 0 radical (unpaired) electrons. The van der Waals surface area contributed by atoms with Crippen molar-refractivity contribution in [1.29, 1.82) is 0 Å². The molecular weight excluding hydrogens is 364 g/mol. The molecule has 6 heteroatoms. The predicted molar refractivity (Wildman–Crippen MR) is 112 cm³/mol. The highest BCUT2D eigenvalue weighted by Crippen LogP contribution is 2.36. The lowest BCUT2D eigenvalue weighted by molar-refractivity contribution is -0.123. The molecule has 0 saturated carbocycles. The highest BCUT2D eigenvalue weighted by Gasteiger charge is 2.28. The number of hydrogen-bond acceptors (Lipinski definition) is 4. The number of nitrogens with zero attached hydrogens (tertiary/aromatic N) is 2. The van der Waals surface area contributed by atoms with E-state index >= 15 is 0 Å². The van der Waals surface area contributed by atoms with Gasteiger partial charge in [0.25, 0.3) is 0 Å². The molecule has 0 aliphatic heterocycles. The molecule has 3 N–H and O–H groups in total. The minimum absolute atomic E-state index is 0.0192. The summed E-state index contributed by atoms with van der Waals surface area (Å²) in [6, 6.07) is 15.5. The van der Waals surface area contributed by atoms with Crippen molar-refractivity contribution >= 4 is 5.91 Å². The third-order valence-corrected chi connectivity index (χ3v) is 5.42. The maximum Gasteiger partial charge on any atom is 0.237 e. The number of fused-ring (bicyclic) bond motifs is 1. The van der Waals surface area contributed by atoms with Gasteiger partial charge >= 0.3 is 0 Å². The van der Waals surface area contributed by atoms with E-state index in [1.54, 1.807) is 13.4 Å². The van der Waals surface area contributed by atoms with Crippen LogP contribution in [0.4, 0.5) is 0 Å². The summed E-state index contributed by atoms with van der Waals surface area (Å²) in [5, 5.41) is 3.10. The number of aromatic nitrogens is 2. The molecule has 0 bridgehead atoms. The Kier molecular flexibility index (Phi) is 5.62. The van der Waals surface area contributed by atoms with Crippen LogP contribution in [-0.4, -0.2) is 28.6 Å². The summed E-state index contributed by atoms with van der Waals surface area (Å²) >= 11 is 0. The number of carbonyl (C=O) groups is 1. The van der Waals surface area contributed by atoms with Gasteiger partial charge in [0.15, 0.2) is 0 Å². The van der Waals surface area contributed by atoms with E-state index in [2.05, 4.69) is 22.4 Å². The third kappa shape index (κ3) is 4.32. The molecule has 1 unspecified atom stereocenters. The van der Waals surface area contributed by atoms with Crippen LogP contribution in [0.5, 0.6) is 5.75 Å². The normalized spacial score (nSPS) is 16.3. The van der Waals surface area contributed by atoms with Gasteiger partial charge in [0, 0.05) is 19.2 Å². The molecule has 2 atom stereocenters. The summed E-state index contributed by atoms with van der Waals surface area (Å²) < 4.78 is 7.44. The molecule has 150 valence electrons. The number of nitrogens with one attached hydrogen (secondary N) is 1. The van der Waals surface area contributed by atoms with Gasteiger partial charge in [0.2, 0.25) is 5.91 Å². The first-order chi connectivity index (χ1) is 14.1. The average Bonchev–Trinajstić information content (AvgIpc) is 3.35. The Morgan fingerprint density at radius 3 is 2.90 bits per heavy atom. The van der Waals surface area contributed by atoms with Gasteiger partial charge in [-0.3, -0.25) is 4.79 Å². The molecule has 1 aliphatic rings. The molecule has 29 heavy (non-hydrogen) atoms. The Bertz CT molecular complexity index is 984. The van der Waals surface area contributed by atoms with Gasteiger partial charge in [0.1, 0.15) is 5.75 Å². The van der Waals surface area contributed by atoms with Crippen molar-refractivity contribution in [3.63, 3.8) is 0 Å². The fourth-order valence-electron chi connectivity index (χ4n) is 3.95.